The number of benzene rings is 2. The molecule has 2 aromatic carbocycles. The number of para-hydroxylation sites is 1. The zero-order chi connectivity index (χ0) is 24.8. The van der Waals surface area contributed by atoms with E-state index in [0.717, 1.165) is 35.6 Å². The fourth-order valence-corrected chi connectivity index (χ4v) is 5.18. The van der Waals surface area contributed by atoms with Gasteiger partial charge in [-0.2, -0.15) is 0 Å². The minimum atomic E-state index is -0.0915. The van der Waals surface area contributed by atoms with E-state index < -0.39 is 0 Å². The Bertz CT molecular complexity index is 1030. The second kappa shape index (κ2) is 11.3. The molecule has 0 bridgehead atoms. The first-order valence-corrected chi connectivity index (χ1v) is 12.2. The smallest absolute Gasteiger partial charge is 0.321 e. The summed E-state index contributed by atoms with van der Waals surface area (Å²) in [5.74, 6) is 3.03. The van der Waals surface area contributed by atoms with Crippen molar-refractivity contribution in [2.75, 3.05) is 52.8 Å². The lowest BCUT2D eigenvalue weighted by molar-refractivity contribution is -0.131. The summed E-state index contributed by atoms with van der Waals surface area (Å²) >= 11 is 0. The zero-order valence-corrected chi connectivity index (χ0v) is 20.8. The fraction of sp³-hybridized carbons (Fsp3) is 0.481. The van der Waals surface area contributed by atoms with Crippen molar-refractivity contribution in [1.82, 2.24) is 9.80 Å². The first-order chi connectivity index (χ1) is 17.0. The minimum Gasteiger partial charge on any atom is -0.497 e. The molecule has 2 aromatic rings. The van der Waals surface area contributed by atoms with Crippen molar-refractivity contribution in [3.63, 3.8) is 0 Å². The number of nitrogens with one attached hydrogen (secondary N) is 1. The van der Waals surface area contributed by atoms with Crippen LogP contribution in [0.5, 0.6) is 17.2 Å². The number of fused-ring (bicyclic) bond motifs is 1. The molecule has 8 nitrogen and oxygen atoms in total. The van der Waals surface area contributed by atoms with E-state index in [-0.39, 0.29) is 11.9 Å². The average molecular weight is 482 g/mol. The Morgan fingerprint density at radius 2 is 1.74 bits per heavy atom. The molecule has 2 saturated heterocycles. The van der Waals surface area contributed by atoms with Gasteiger partial charge in [-0.1, -0.05) is 12.1 Å². The third kappa shape index (κ3) is 5.81. The van der Waals surface area contributed by atoms with E-state index in [1.807, 2.05) is 52.3 Å². The topological polar surface area (TPSA) is 80.3 Å². The lowest BCUT2D eigenvalue weighted by Gasteiger charge is -2.37. The average Bonchev–Trinajstić information content (AvgIpc) is 3.04. The summed E-state index contributed by atoms with van der Waals surface area (Å²) in [6.07, 6.45) is 3.01. The molecule has 0 aromatic heterocycles. The molecule has 2 fully saturated rings. The van der Waals surface area contributed by atoms with Gasteiger partial charge in [-0.3, -0.25) is 4.79 Å². The van der Waals surface area contributed by atoms with Crippen LogP contribution in [0.2, 0.25) is 0 Å². The Labute approximate surface area is 207 Å². The standard InChI is InChI=1S/C27H35N3O5/c1-33-23-9-7-22(8-10-23)28-27(32)30-16-12-20-17-25(31)29(15-13-21(20)18-30)14-11-19-5-4-6-24(34-2)26(19)35-3/h4-10,20-21H,11-18H2,1-3H3,(H,28,32)/t20-,21-/m0/s1. The van der Waals surface area contributed by atoms with Crippen LogP contribution in [0.1, 0.15) is 24.8 Å². The largest absolute Gasteiger partial charge is 0.497 e. The molecule has 8 heteroatoms. The van der Waals surface area contributed by atoms with Crippen molar-refractivity contribution in [3.05, 3.63) is 48.0 Å². The Morgan fingerprint density at radius 3 is 2.46 bits per heavy atom. The van der Waals surface area contributed by atoms with Gasteiger partial charge in [0.05, 0.1) is 21.3 Å². The van der Waals surface area contributed by atoms with Crippen LogP contribution in [0.3, 0.4) is 0 Å². The summed E-state index contributed by atoms with van der Waals surface area (Å²) in [5, 5.41) is 2.98. The van der Waals surface area contributed by atoms with Crippen LogP contribution < -0.4 is 19.5 Å². The second-order valence-corrected chi connectivity index (χ2v) is 9.19. The molecule has 0 aliphatic carbocycles. The normalized spacial score (nSPS) is 20.0. The highest BCUT2D eigenvalue weighted by Crippen LogP contribution is 2.34. The summed E-state index contributed by atoms with van der Waals surface area (Å²) < 4.78 is 16.1. The predicted molar refractivity (Wildman–Crippen MR) is 134 cm³/mol. The molecular formula is C27H35N3O5. The first kappa shape index (κ1) is 24.7. The van der Waals surface area contributed by atoms with Crippen LogP contribution in [-0.4, -0.2) is 69.2 Å². The maximum Gasteiger partial charge on any atom is 0.321 e. The number of anilines is 1. The number of hydrogen-bond acceptors (Lipinski definition) is 5. The molecule has 1 N–H and O–H groups in total. The first-order valence-electron chi connectivity index (χ1n) is 12.2. The highest BCUT2D eigenvalue weighted by molar-refractivity contribution is 5.89. The molecule has 0 radical (unpaired) electrons. The number of hydrogen-bond donors (Lipinski definition) is 1. The van der Waals surface area contributed by atoms with E-state index in [1.165, 1.54) is 0 Å². The van der Waals surface area contributed by atoms with Crippen molar-refractivity contribution in [2.24, 2.45) is 11.8 Å². The molecule has 4 rings (SSSR count). The molecule has 35 heavy (non-hydrogen) atoms. The number of ether oxygens (including phenoxy) is 3. The maximum absolute atomic E-state index is 13.0. The molecule has 2 atom stereocenters. The van der Waals surface area contributed by atoms with Gasteiger partial charge in [-0.25, -0.2) is 4.79 Å². The number of carbonyl (C=O) groups excluding carboxylic acids is 2. The predicted octanol–water partition coefficient (Wildman–Crippen LogP) is 4.05. The van der Waals surface area contributed by atoms with E-state index >= 15 is 0 Å². The van der Waals surface area contributed by atoms with Crippen LogP contribution in [0.25, 0.3) is 0 Å². The number of methoxy groups -OCH3 is 3. The Morgan fingerprint density at radius 1 is 0.971 bits per heavy atom. The highest BCUT2D eigenvalue weighted by Gasteiger charge is 2.36. The monoisotopic (exact) mass is 481 g/mol. The summed E-state index contributed by atoms with van der Waals surface area (Å²) in [6.45, 7) is 2.69. The van der Waals surface area contributed by atoms with Crippen LogP contribution in [0.15, 0.2) is 42.5 Å². The number of rotatable bonds is 7. The van der Waals surface area contributed by atoms with Gasteiger partial charge in [0.2, 0.25) is 5.91 Å². The van der Waals surface area contributed by atoms with Gasteiger partial charge < -0.3 is 29.3 Å². The van der Waals surface area contributed by atoms with Gasteiger partial charge in [0.25, 0.3) is 0 Å². The quantitative estimate of drug-likeness (QED) is 0.646. The van der Waals surface area contributed by atoms with Gasteiger partial charge >= 0.3 is 6.03 Å². The molecule has 188 valence electrons. The lowest BCUT2D eigenvalue weighted by atomic mass is 9.82. The summed E-state index contributed by atoms with van der Waals surface area (Å²) in [5.41, 5.74) is 1.77. The van der Waals surface area contributed by atoms with E-state index in [1.54, 1.807) is 21.3 Å². The minimum absolute atomic E-state index is 0.0915. The van der Waals surface area contributed by atoms with Crippen LogP contribution >= 0.6 is 0 Å². The molecule has 2 heterocycles. The highest BCUT2D eigenvalue weighted by atomic mass is 16.5. The maximum atomic E-state index is 13.0. The molecule has 0 spiro atoms. The van der Waals surface area contributed by atoms with Crippen LogP contribution in [0, 0.1) is 11.8 Å². The van der Waals surface area contributed by atoms with Crippen LogP contribution in [-0.2, 0) is 11.2 Å². The molecule has 2 aliphatic heterocycles. The molecule has 3 amide bonds. The van der Waals surface area contributed by atoms with E-state index in [9.17, 15) is 9.59 Å². The second-order valence-electron chi connectivity index (χ2n) is 9.19. The fourth-order valence-electron chi connectivity index (χ4n) is 5.18. The summed E-state index contributed by atoms with van der Waals surface area (Å²) in [6, 6.07) is 13.1. The Balaban J connectivity index is 1.33. The Kier molecular flexibility index (Phi) is 8.00. The SMILES string of the molecule is COc1ccc(NC(=O)N2CC[C@H]3CC(=O)N(CCc4cccc(OC)c4OC)CC[C@H]3C2)cc1. The molecule has 2 aliphatic rings. The van der Waals surface area contributed by atoms with Gasteiger partial charge in [-0.05, 0) is 67.0 Å². The molecular weight excluding hydrogens is 446 g/mol. The van der Waals surface area contributed by atoms with E-state index in [0.29, 0.717) is 56.6 Å². The van der Waals surface area contributed by atoms with E-state index in [2.05, 4.69) is 5.32 Å². The van der Waals surface area contributed by atoms with Gasteiger partial charge in [-0.15, -0.1) is 0 Å². The van der Waals surface area contributed by atoms with Crippen molar-refractivity contribution in [1.29, 1.82) is 0 Å². The van der Waals surface area contributed by atoms with Gasteiger partial charge in [0, 0.05) is 38.3 Å². The summed E-state index contributed by atoms with van der Waals surface area (Å²) in [7, 11) is 4.88. The number of piperidine rings is 1. The lowest BCUT2D eigenvalue weighted by Crippen LogP contribution is -2.45. The summed E-state index contributed by atoms with van der Waals surface area (Å²) in [4.78, 5) is 29.8. The Hall–Kier alpha value is -3.42. The van der Waals surface area contributed by atoms with Crippen molar-refractivity contribution in [2.45, 2.75) is 25.7 Å². The van der Waals surface area contributed by atoms with E-state index in [4.69, 9.17) is 14.2 Å². The number of likely N-dealkylation sites (tertiary alicyclic amines) is 2. The van der Waals surface area contributed by atoms with Crippen LogP contribution in [0.4, 0.5) is 10.5 Å². The number of nitrogens with zero attached hydrogens (tertiary/aromatic N) is 2. The van der Waals surface area contributed by atoms with Gasteiger partial charge in [0.15, 0.2) is 11.5 Å². The zero-order valence-electron chi connectivity index (χ0n) is 20.8. The van der Waals surface area contributed by atoms with Crippen molar-refractivity contribution in [3.8, 4) is 17.2 Å². The number of urea groups is 1. The molecule has 0 saturated carbocycles. The third-order valence-electron chi connectivity index (χ3n) is 7.21. The number of amides is 3. The molecule has 0 unspecified atom stereocenters. The number of carbonyl (C=O) groups is 2. The van der Waals surface area contributed by atoms with Gasteiger partial charge in [0.1, 0.15) is 5.75 Å². The van der Waals surface area contributed by atoms with Crippen molar-refractivity contribution < 1.29 is 23.8 Å². The third-order valence-corrected chi connectivity index (χ3v) is 7.21. The van der Waals surface area contributed by atoms with Crippen molar-refractivity contribution >= 4 is 17.6 Å².